The van der Waals surface area contributed by atoms with Crippen LogP contribution < -0.4 is 10.3 Å². The summed E-state index contributed by atoms with van der Waals surface area (Å²) in [5.74, 6) is 0.471. The molecular formula is C17H18N2O5S. The van der Waals surface area contributed by atoms with E-state index in [1.807, 2.05) is 31.2 Å². The number of aliphatic hydroxyl groups is 2. The van der Waals surface area contributed by atoms with E-state index < -0.39 is 24.5 Å². The standard InChI is InChI=1S/C17H18N2O5S/c1-9-2-4-11(5-3-9)25-8-10-6-19-16-14(13(21)12(7-20)23-16)24-17(19)18-15(10)22/h2-6,12-14,16,20-21H,7-8H2,1H3/t12-,13-,14+,16-/m1/s1. The molecule has 2 aliphatic rings. The zero-order valence-corrected chi connectivity index (χ0v) is 14.3. The molecule has 2 N–H and O–H groups in total. The summed E-state index contributed by atoms with van der Waals surface area (Å²) < 4.78 is 12.8. The first-order valence-electron chi connectivity index (χ1n) is 7.99. The van der Waals surface area contributed by atoms with Crippen molar-refractivity contribution in [2.24, 2.45) is 0 Å². The van der Waals surface area contributed by atoms with Gasteiger partial charge in [0.15, 0.2) is 12.3 Å². The van der Waals surface area contributed by atoms with E-state index in [1.54, 1.807) is 22.5 Å². The predicted molar refractivity (Wildman–Crippen MR) is 90.7 cm³/mol. The van der Waals surface area contributed by atoms with E-state index in [4.69, 9.17) is 9.47 Å². The van der Waals surface area contributed by atoms with Crippen molar-refractivity contribution in [2.45, 2.75) is 42.1 Å². The number of rotatable bonds is 4. The van der Waals surface area contributed by atoms with E-state index >= 15 is 0 Å². The maximum atomic E-state index is 12.2. The van der Waals surface area contributed by atoms with Crippen LogP contribution in [0.5, 0.6) is 6.01 Å². The van der Waals surface area contributed by atoms with Crippen molar-refractivity contribution in [3.63, 3.8) is 0 Å². The molecule has 4 rings (SSSR count). The zero-order chi connectivity index (χ0) is 17.6. The highest BCUT2D eigenvalue weighted by Crippen LogP contribution is 2.39. The molecule has 0 bridgehead atoms. The van der Waals surface area contributed by atoms with Crippen LogP contribution in [0.3, 0.4) is 0 Å². The van der Waals surface area contributed by atoms with Crippen LogP contribution in [0.4, 0.5) is 0 Å². The minimum absolute atomic E-state index is 0.138. The lowest BCUT2D eigenvalue weighted by Crippen LogP contribution is -2.34. The van der Waals surface area contributed by atoms with Crippen molar-refractivity contribution < 1.29 is 19.7 Å². The molecule has 0 spiro atoms. The number of fused-ring (bicyclic) bond motifs is 3. The molecule has 4 atom stereocenters. The third-order valence-corrected chi connectivity index (χ3v) is 5.47. The van der Waals surface area contributed by atoms with Crippen molar-refractivity contribution in [3.8, 4) is 6.01 Å². The second kappa shape index (κ2) is 6.45. The quantitative estimate of drug-likeness (QED) is 0.779. The highest BCUT2D eigenvalue weighted by Gasteiger charge is 2.51. The van der Waals surface area contributed by atoms with Crippen LogP contribution in [-0.4, -0.2) is 44.7 Å². The normalized spacial score (nSPS) is 27.0. The first kappa shape index (κ1) is 16.6. The summed E-state index contributed by atoms with van der Waals surface area (Å²) in [6, 6.07) is 8.22. The molecule has 0 radical (unpaired) electrons. The number of aliphatic hydroxyl groups excluding tert-OH is 2. The lowest BCUT2D eigenvalue weighted by molar-refractivity contribution is -0.0435. The molecular weight excluding hydrogens is 344 g/mol. The molecule has 1 fully saturated rings. The number of aryl methyl sites for hydroxylation is 1. The fraction of sp³-hybridized carbons (Fsp3) is 0.412. The fourth-order valence-corrected chi connectivity index (χ4v) is 3.85. The molecule has 1 aromatic carbocycles. The largest absolute Gasteiger partial charge is 0.453 e. The van der Waals surface area contributed by atoms with Gasteiger partial charge in [0.1, 0.15) is 12.2 Å². The lowest BCUT2D eigenvalue weighted by atomic mass is 10.1. The van der Waals surface area contributed by atoms with Gasteiger partial charge in [-0.25, -0.2) is 0 Å². The number of nitrogens with zero attached hydrogens (tertiary/aromatic N) is 2. The van der Waals surface area contributed by atoms with Crippen molar-refractivity contribution in [1.29, 1.82) is 0 Å². The molecule has 7 nitrogen and oxygen atoms in total. The van der Waals surface area contributed by atoms with Crippen LogP contribution >= 0.6 is 11.8 Å². The van der Waals surface area contributed by atoms with Crippen LogP contribution in [0.15, 0.2) is 40.2 Å². The van der Waals surface area contributed by atoms with Crippen LogP contribution in [0.1, 0.15) is 17.4 Å². The summed E-state index contributed by atoms with van der Waals surface area (Å²) >= 11 is 1.55. The Morgan fingerprint density at radius 1 is 1.32 bits per heavy atom. The molecule has 1 saturated heterocycles. The third-order valence-electron chi connectivity index (χ3n) is 4.41. The molecule has 0 aliphatic carbocycles. The molecule has 2 aromatic rings. The second-order valence-electron chi connectivity index (χ2n) is 6.18. The maximum Gasteiger partial charge on any atom is 0.302 e. The minimum atomic E-state index is -0.961. The van der Waals surface area contributed by atoms with Crippen LogP contribution in [-0.2, 0) is 10.5 Å². The van der Waals surface area contributed by atoms with Crippen LogP contribution in [0, 0.1) is 6.92 Å². The maximum absolute atomic E-state index is 12.2. The Morgan fingerprint density at radius 2 is 2.08 bits per heavy atom. The van der Waals surface area contributed by atoms with Crippen molar-refractivity contribution in [1.82, 2.24) is 9.55 Å². The molecule has 0 unspecified atom stereocenters. The minimum Gasteiger partial charge on any atom is -0.453 e. The molecule has 8 heteroatoms. The molecule has 132 valence electrons. The van der Waals surface area contributed by atoms with Gasteiger partial charge in [-0.1, -0.05) is 17.7 Å². The molecule has 3 heterocycles. The van der Waals surface area contributed by atoms with E-state index in [2.05, 4.69) is 4.98 Å². The number of hydrogen-bond donors (Lipinski definition) is 2. The fourth-order valence-electron chi connectivity index (χ4n) is 3.00. The number of hydrogen-bond acceptors (Lipinski definition) is 7. The van der Waals surface area contributed by atoms with Gasteiger partial charge in [0, 0.05) is 22.4 Å². The van der Waals surface area contributed by atoms with Gasteiger partial charge >= 0.3 is 6.01 Å². The molecule has 25 heavy (non-hydrogen) atoms. The number of aromatic nitrogens is 2. The Bertz CT molecular complexity index is 838. The molecule has 0 amide bonds. The molecule has 0 saturated carbocycles. The third kappa shape index (κ3) is 2.95. The number of ether oxygens (including phenoxy) is 2. The SMILES string of the molecule is Cc1ccc(SCc2cn3c(nc2=O)O[C@H]2[C@H](O)[C@@H](CO)O[C@H]23)cc1. The van der Waals surface area contributed by atoms with Gasteiger partial charge in [0.25, 0.3) is 5.56 Å². The summed E-state index contributed by atoms with van der Waals surface area (Å²) in [6.45, 7) is 1.73. The van der Waals surface area contributed by atoms with Crippen molar-refractivity contribution in [3.05, 3.63) is 51.9 Å². The summed E-state index contributed by atoms with van der Waals surface area (Å²) in [6.07, 6.45) is -1.24. The molecule has 2 aliphatic heterocycles. The van der Waals surface area contributed by atoms with Crippen molar-refractivity contribution in [2.75, 3.05) is 6.61 Å². The Morgan fingerprint density at radius 3 is 2.80 bits per heavy atom. The van der Waals surface area contributed by atoms with Crippen LogP contribution in [0.2, 0.25) is 0 Å². The highest BCUT2D eigenvalue weighted by molar-refractivity contribution is 7.98. The van der Waals surface area contributed by atoms with Gasteiger partial charge in [-0.15, -0.1) is 11.8 Å². The highest BCUT2D eigenvalue weighted by atomic mass is 32.2. The predicted octanol–water partition coefficient (Wildman–Crippen LogP) is 0.856. The van der Waals surface area contributed by atoms with Gasteiger partial charge < -0.3 is 19.7 Å². The van der Waals surface area contributed by atoms with Gasteiger partial charge in [-0.2, -0.15) is 4.98 Å². The van der Waals surface area contributed by atoms with Gasteiger partial charge in [0.2, 0.25) is 0 Å². The summed E-state index contributed by atoms with van der Waals surface area (Å²) in [5, 5.41) is 19.4. The zero-order valence-electron chi connectivity index (χ0n) is 13.5. The smallest absolute Gasteiger partial charge is 0.302 e. The first-order valence-corrected chi connectivity index (χ1v) is 8.98. The average molecular weight is 362 g/mol. The summed E-state index contributed by atoms with van der Waals surface area (Å²) in [7, 11) is 0. The Kier molecular flexibility index (Phi) is 4.28. The lowest BCUT2D eigenvalue weighted by Gasteiger charge is -2.14. The second-order valence-corrected chi connectivity index (χ2v) is 7.23. The van der Waals surface area contributed by atoms with Gasteiger partial charge in [-0.05, 0) is 19.1 Å². The summed E-state index contributed by atoms with van der Waals surface area (Å²) in [5.41, 5.74) is 1.37. The number of thioether (sulfide) groups is 1. The van der Waals surface area contributed by atoms with Gasteiger partial charge in [0.05, 0.1) is 6.61 Å². The Hall–Kier alpha value is -1.87. The first-order chi connectivity index (χ1) is 12.1. The van der Waals surface area contributed by atoms with Crippen LogP contribution in [0.25, 0.3) is 0 Å². The number of benzene rings is 1. The summed E-state index contributed by atoms with van der Waals surface area (Å²) in [4.78, 5) is 17.2. The topological polar surface area (TPSA) is 93.8 Å². The van der Waals surface area contributed by atoms with E-state index in [9.17, 15) is 15.0 Å². The monoisotopic (exact) mass is 362 g/mol. The van der Waals surface area contributed by atoms with Gasteiger partial charge in [-0.3, -0.25) is 9.36 Å². The van der Waals surface area contributed by atoms with Crippen molar-refractivity contribution >= 4 is 11.8 Å². The van der Waals surface area contributed by atoms with E-state index in [0.29, 0.717) is 11.3 Å². The van der Waals surface area contributed by atoms with E-state index in [0.717, 1.165) is 4.90 Å². The Balaban J connectivity index is 1.56. The average Bonchev–Trinajstić information content (AvgIpc) is 3.10. The molecule has 1 aromatic heterocycles. The Labute approximate surface area is 148 Å². The van der Waals surface area contributed by atoms with E-state index in [-0.39, 0.29) is 18.2 Å². The van der Waals surface area contributed by atoms with E-state index in [1.165, 1.54) is 5.56 Å².